The Morgan fingerprint density at radius 2 is 1.95 bits per heavy atom. The molecule has 9 heteroatoms. The zero-order valence-corrected chi connectivity index (χ0v) is 11.3. The van der Waals surface area contributed by atoms with Gasteiger partial charge >= 0.3 is 0 Å². The number of carbonyl (C=O) groups excluding carboxylic acids is 1. The van der Waals surface area contributed by atoms with Crippen LogP contribution in [0.25, 0.3) is 5.69 Å². The van der Waals surface area contributed by atoms with Gasteiger partial charge in [-0.1, -0.05) is 23.4 Å². The Bertz CT molecular complexity index is 661. The Morgan fingerprint density at radius 1 is 1.23 bits per heavy atom. The molecule has 1 aliphatic rings. The SMILES string of the molecule is O=C(NO)[C@H]1O[C@H](c2cn(-c3ccccc3)nn2)[C@@H](O)[C@H]1O. The summed E-state index contributed by atoms with van der Waals surface area (Å²) in [5, 5.41) is 36.2. The van der Waals surface area contributed by atoms with Gasteiger partial charge in [-0.3, -0.25) is 10.0 Å². The summed E-state index contributed by atoms with van der Waals surface area (Å²) in [5.74, 6) is -0.940. The van der Waals surface area contributed by atoms with Gasteiger partial charge in [-0.05, 0) is 12.1 Å². The molecule has 0 aliphatic carbocycles. The van der Waals surface area contributed by atoms with Crippen molar-refractivity contribution in [3.63, 3.8) is 0 Å². The quantitative estimate of drug-likeness (QED) is 0.420. The van der Waals surface area contributed by atoms with Crippen LogP contribution in [0.3, 0.4) is 0 Å². The number of hydrogen-bond donors (Lipinski definition) is 4. The number of aromatic nitrogens is 3. The summed E-state index contributed by atoms with van der Waals surface area (Å²) in [6.07, 6.45) is -3.70. The minimum Gasteiger partial charge on any atom is -0.387 e. The smallest absolute Gasteiger partial charge is 0.275 e. The second-order valence-electron chi connectivity index (χ2n) is 4.86. The first-order valence-corrected chi connectivity index (χ1v) is 6.55. The van der Waals surface area contributed by atoms with E-state index in [0.717, 1.165) is 5.69 Å². The summed E-state index contributed by atoms with van der Waals surface area (Å²) in [7, 11) is 0. The average Bonchev–Trinajstić information content (AvgIpc) is 3.14. The van der Waals surface area contributed by atoms with Crippen molar-refractivity contribution in [1.29, 1.82) is 0 Å². The van der Waals surface area contributed by atoms with E-state index in [9.17, 15) is 15.0 Å². The molecule has 1 saturated heterocycles. The lowest BCUT2D eigenvalue weighted by atomic mass is 10.1. The Hall–Kier alpha value is -2.33. The lowest BCUT2D eigenvalue weighted by Crippen LogP contribution is -2.41. The highest BCUT2D eigenvalue weighted by atomic mass is 16.6. The molecule has 1 amide bonds. The van der Waals surface area contributed by atoms with Crippen LogP contribution in [-0.4, -0.2) is 54.6 Å². The number of hydroxylamine groups is 1. The number of aliphatic hydroxyl groups is 2. The Kier molecular flexibility index (Phi) is 3.86. The van der Waals surface area contributed by atoms with E-state index in [-0.39, 0.29) is 5.69 Å². The van der Waals surface area contributed by atoms with Gasteiger partial charge < -0.3 is 14.9 Å². The van der Waals surface area contributed by atoms with Crippen LogP contribution in [0, 0.1) is 0 Å². The van der Waals surface area contributed by atoms with Crippen molar-refractivity contribution in [2.24, 2.45) is 0 Å². The zero-order valence-electron chi connectivity index (χ0n) is 11.3. The van der Waals surface area contributed by atoms with Crippen LogP contribution in [0.1, 0.15) is 11.8 Å². The third kappa shape index (κ3) is 2.46. The number of aliphatic hydroxyl groups excluding tert-OH is 2. The molecule has 1 aromatic carbocycles. The molecular formula is C13H14N4O5. The first kappa shape index (κ1) is 14.6. The van der Waals surface area contributed by atoms with Gasteiger partial charge in [0, 0.05) is 0 Å². The van der Waals surface area contributed by atoms with Gasteiger partial charge in [-0.2, -0.15) is 0 Å². The number of nitrogens with zero attached hydrogens (tertiary/aromatic N) is 3. The van der Waals surface area contributed by atoms with E-state index in [2.05, 4.69) is 10.3 Å². The number of nitrogens with one attached hydrogen (secondary N) is 1. The molecule has 1 aromatic heterocycles. The van der Waals surface area contributed by atoms with Crippen LogP contribution in [0.4, 0.5) is 0 Å². The van der Waals surface area contributed by atoms with Gasteiger partial charge in [0.25, 0.3) is 5.91 Å². The predicted octanol–water partition coefficient (Wildman–Crippen LogP) is -1.07. The van der Waals surface area contributed by atoms with Crippen molar-refractivity contribution in [1.82, 2.24) is 20.5 Å². The van der Waals surface area contributed by atoms with E-state index in [1.54, 1.807) is 0 Å². The number of para-hydroxylation sites is 1. The number of carbonyl (C=O) groups is 1. The lowest BCUT2D eigenvalue weighted by molar-refractivity contribution is -0.144. The molecule has 0 bridgehead atoms. The summed E-state index contributed by atoms with van der Waals surface area (Å²) in [6, 6.07) is 9.17. The monoisotopic (exact) mass is 306 g/mol. The maximum atomic E-state index is 11.4. The summed E-state index contributed by atoms with van der Waals surface area (Å²) in [5.41, 5.74) is 2.41. The zero-order chi connectivity index (χ0) is 15.7. The van der Waals surface area contributed by atoms with Crippen LogP contribution in [0.5, 0.6) is 0 Å². The van der Waals surface area contributed by atoms with E-state index in [4.69, 9.17) is 9.94 Å². The Morgan fingerprint density at radius 3 is 2.64 bits per heavy atom. The molecule has 116 valence electrons. The number of amides is 1. The third-order valence-electron chi connectivity index (χ3n) is 3.46. The maximum absolute atomic E-state index is 11.4. The minimum absolute atomic E-state index is 0.267. The number of hydrogen-bond acceptors (Lipinski definition) is 7. The molecule has 1 fully saturated rings. The van der Waals surface area contributed by atoms with E-state index < -0.39 is 30.3 Å². The molecule has 1 aliphatic heterocycles. The highest BCUT2D eigenvalue weighted by Gasteiger charge is 2.48. The predicted molar refractivity (Wildman–Crippen MR) is 70.9 cm³/mol. The lowest BCUT2D eigenvalue weighted by Gasteiger charge is -2.11. The third-order valence-corrected chi connectivity index (χ3v) is 3.46. The molecule has 3 rings (SSSR count). The Balaban J connectivity index is 1.83. The van der Waals surface area contributed by atoms with E-state index in [0.29, 0.717) is 0 Å². The second-order valence-corrected chi connectivity index (χ2v) is 4.86. The van der Waals surface area contributed by atoms with Gasteiger partial charge in [-0.15, -0.1) is 5.10 Å². The van der Waals surface area contributed by atoms with Crippen LogP contribution in [-0.2, 0) is 9.53 Å². The van der Waals surface area contributed by atoms with Crippen molar-refractivity contribution in [3.05, 3.63) is 42.2 Å². The fourth-order valence-electron chi connectivity index (χ4n) is 2.32. The van der Waals surface area contributed by atoms with Crippen LogP contribution in [0.15, 0.2) is 36.5 Å². The summed E-state index contributed by atoms with van der Waals surface area (Å²) in [6.45, 7) is 0. The molecule has 2 aromatic rings. The van der Waals surface area contributed by atoms with Crippen LogP contribution >= 0.6 is 0 Å². The van der Waals surface area contributed by atoms with Crippen molar-refractivity contribution in [2.75, 3.05) is 0 Å². The van der Waals surface area contributed by atoms with Gasteiger partial charge in [0.15, 0.2) is 6.10 Å². The maximum Gasteiger partial charge on any atom is 0.275 e. The molecule has 4 N–H and O–H groups in total. The molecule has 0 spiro atoms. The normalized spacial score (nSPS) is 27.8. The second kappa shape index (κ2) is 5.81. The average molecular weight is 306 g/mol. The fraction of sp³-hybridized carbons (Fsp3) is 0.308. The molecule has 4 atom stereocenters. The number of ether oxygens (including phenoxy) is 1. The van der Waals surface area contributed by atoms with Crippen molar-refractivity contribution in [3.8, 4) is 5.69 Å². The highest BCUT2D eigenvalue weighted by Crippen LogP contribution is 2.32. The first-order chi connectivity index (χ1) is 10.6. The van der Waals surface area contributed by atoms with Crippen molar-refractivity contribution >= 4 is 5.91 Å². The van der Waals surface area contributed by atoms with E-state index in [1.807, 2.05) is 30.3 Å². The summed E-state index contributed by atoms with van der Waals surface area (Å²) >= 11 is 0. The van der Waals surface area contributed by atoms with Gasteiger partial charge in [0.1, 0.15) is 24.0 Å². The van der Waals surface area contributed by atoms with E-state index in [1.165, 1.54) is 16.4 Å². The summed E-state index contributed by atoms with van der Waals surface area (Å²) in [4.78, 5) is 11.4. The molecule has 2 heterocycles. The molecular weight excluding hydrogens is 292 g/mol. The Labute approximate surface area is 124 Å². The topological polar surface area (TPSA) is 130 Å². The molecule has 0 unspecified atom stereocenters. The molecule has 22 heavy (non-hydrogen) atoms. The fourth-order valence-corrected chi connectivity index (χ4v) is 2.32. The van der Waals surface area contributed by atoms with E-state index >= 15 is 0 Å². The van der Waals surface area contributed by atoms with Crippen LogP contribution < -0.4 is 5.48 Å². The largest absolute Gasteiger partial charge is 0.387 e. The number of benzene rings is 1. The van der Waals surface area contributed by atoms with Crippen molar-refractivity contribution < 1.29 is 25.0 Å². The minimum atomic E-state index is -1.47. The van der Waals surface area contributed by atoms with Gasteiger partial charge in [0.2, 0.25) is 0 Å². The van der Waals surface area contributed by atoms with Crippen LogP contribution in [0.2, 0.25) is 0 Å². The van der Waals surface area contributed by atoms with Gasteiger partial charge in [0.05, 0.1) is 11.9 Å². The number of rotatable bonds is 3. The van der Waals surface area contributed by atoms with Gasteiger partial charge in [-0.25, -0.2) is 10.2 Å². The first-order valence-electron chi connectivity index (χ1n) is 6.55. The van der Waals surface area contributed by atoms with Crippen molar-refractivity contribution in [2.45, 2.75) is 24.4 Å². The molecule has 0 saturated carbocycles. The molecule has 0 radical (unpaired) electrons. The highest BCUT2D eigenvalue weighted by molar-refractivity contribution is 5.80. The molecule has 9 nitrogen and oxygen atoms in total. The summed E-state index contributed by atoms with van der Waals surface area (Å²) < 4.78 is 6.77. The standard InChI is InChI=1S/C13H14N4O5/c18-9-10(19)12(13(20)15-21)22-11(9)8-6-17(16-14-8)7-4-2-1-3-5-7/h1-6,9-12,18-19,21H,(H,15,20)/t9-,10+,11+,12-/m0/s1.